The third kappa shape index (κ3) is 6.77. The average Bonchev–Trinajstić information content (AvgIpc) is 3.13. The van der Waals surface area contributed by atoms with Crippen LogP contribution in [0.4, 0.5) is 22.0 Å². The summed E-state index contributed by atoms with van der Waals surface area (Å²) >= 11 is 6.54. The monoisotopic (exact) mass is 565 g/mol. The molecule has 1 aliphatic carbocycles. The molecule has 1 saturated carbocycles. The molecule has 0 saturated heterocycles. The van der Waals surface area contributed by atoms with Crippen molar-refractivity contribution in [2.75, 3.05) is 6.54 Å². The van der Waals surface area contributed by atoms with Gasteiger partial charge in [0.05, 0.1) is 22.2 Å². The molecule has 12 heteroatoms. The Balaban J connectivity index is 1.92. The first-order valence-corrected chi connectivity index (χ1v) is 12.9. The van der Waals surface area contributed by atoms with Crippen molar-refractivity contribution >= 4 is 17.5 Å². The minimum atomic E-state index is -4.51. The molecule has 1 aromatic heterocycles. The minimum Gasteiger partial charge on any atom is -0.434 e. The fourth-order valence-electron chi connectivity index (χ4n) is 4.71. The summed E-state index contributed by atoms with van der Waals surface area (Å²) in [4.78, 5) is 12.9. The number of rotatable bonds is 9. The van der Waals surface area contributed by atoms with Crippen molar-refractivity contribution in [3.63, 3.8) is 0 Å². The number of aliphatic hydroxyl groups is 1. The average molecular weight is 566 g/mol. The van der Waals surface area contributed by atoms with E-state index in [0.29, 0.717) is 12.3 Å². The van der Waals surface area contributed by atoms with Crippen molar-refractivity contribution in [2.45, 2.75) is 78.8 Å². The Morgan fingerprint density at radius 3 is 2.55 bits per heavy atom. The molecule has 0 aliphatic heterocycles. The van der Waals surface area contributed by atoms with Crippen molar-refractivity contribution in [1.29, 1.82) is 0 Å². The van der Waals surface area contributed by atoms with Crippen LogP contribution >= 0.6 is 11.6 Å². The fraction of sp³-hybridized carbons (Fsp3) is 0.615. The van der Waals surface area contributed by atoms with E-state index in [9.17, 15) is 31.9 Å². The van der Waals surface area contributed by atoms with Crippen molar-refractivity contribution < 1.29 is 36.6 Å². The molecule has 1 amide bonds. The molecule has 1 aromatic carbocycles. The Hall–Kier alpha value is -2.40. The Kier molecular flexibility index (Phi) is 9.34. The number of carbonyl (C=O) groups excluding carboxylic acids is 1. The molecule has 3 atom stereocenters. The second-order valence-electron chi connectivity index (χ2n) is 10.6. The lowest BCUT2D eigenvalue weighted by atomic mass is 9.81. The van der Waals surface area contributed by atoms with Gasteiger partial charge in [-0.3, -0.25) is 9.48 Å². The lowest BCUT2D eigenvalue weighted by Gasteiger charge is -2.31. The van der Waals surface area contributed by atoms with E-state index in [2.05, 4.69) is 22.1 Å². The molecule has 0 unspecified atom stereocenters. The number of nitrogens with one attached hydrogen (secondary N) is 1. The number of hydrogen-bond acceptors (Lipinski definition) is 4. The van der Waals surface area contributed by atoms with Crippen LogP contribution < -0.4 is 10.1 Å². The van der Waals surface area contributed by atoms with Gasteiger partial charge in [-0.2, -0.15) is 27.1 Å². The van der Waals surface area contributed by atoms with Gasteiger partial charge < -0.3 is 15.2 Å². The highest BCUT2D eigenvalue weighted by Crippen LogP contribution is 2.43. The third-order valence-electron chi connectivity index (χ3n) is 7.08. The predicted molar refractivity (Wildman–Crippen MR) is 133 cm³/mol. The smallest absolute Gasteiger partial charge is 0.394 e. The molecule has 2 aromatic rings. The van der Waals surface area contributed by atoms with Gasteiger partial charge in [-0.15, -0.1) is 0 Å². The number of halogens is 6. The molecule has 0 spiro atoms. The number of amides is 1. The van der Waals surface area contributed by atoms with Crippen LogP contribution in [0.2, 0.25) is 5.02 Å². The van der Waals surface area contributed by atoms with E-state index in [1.165, 1.54) is 16.8 Å². The first-order valence-electron chi connectivity index (χ1n) is 12.5. The molecule has 6 nitrogen and oxygen atoms in total. The molecule has 1 heterocycles. The molecule has 0 radical (unpaired) electrons. The Bertz CT molecular complexity index is 1140. The van der Waals surface area contributed by atoms with Gasteiger partial charge in [-0.1, -0.05) is 44.9 Å². The number of hydrogen-bond donors (Lipinski definition) is 2. The number of aryl methyl sites for hydroxylation is 1. The van der Waals surface area contributed by atoms with Crippen LogP contribution in [0.5, 0.6) is 5.75 Å². The summed E-state index contributed by atoms with van der Waals surface area (Å²) in [7, 11) is 0. The van der Waals surface area contributed by atoms with E-state index in [0.717, 1.165) is 32.8 Å². The summed E-state index contributed by atoms with van der Waals surface area (Å²) in [5.41, 5.74) is -1.90. The van der Waals surface area contributed by atoms with Gasteiger partial charge in [-0.25, -0.2) is 0 Å². The Morgan fingerprint density at radius 1 is 1.29 bits per heavy atom. The lowest BCUT2D eigenvalue weighted by molar-refractivity contribution is -0.211. The normalized spacial score (nSPS) is 20.6. The standard InChI is InChI=1S/C26H33ClF5N3O3/c1-5-35-22(20(27)21(34-35)23(37)33-13-16-8-6-14(2)10-18(16)36)17-9-7-15(11-19(17)38-24(28)29)12-25(3,4)26(30,31)32/h7,9,11,14,16,18,24,36H,5-6,8,10,12-13H2,1-4H3,(H,33,37)/t14-,16+,18-/m1/s1. The summed E-state index contributed by atoms with van der Waals surface area (Å²) < 4.78 is 72.8. The van der Waals surface area contributed by atoms with Crippen molar-refractivity contribution in [3.05, 3.63) is 34.5 Å². The molecule has 212 valence electrons. The molecular weight excluding hydrogens is 533 g/mol. The second kappa shape index (κ2) is 11.8. The first-order chi connectivity index (χ1) is 17.6. The van der Waals surface area contributed by atoms with Gasteiger partial charge >= 0.3 is 12.8 Å². The van der Waals surface area contributed by atoms with Crippen molar-refractivity contribution in [2.24, 2.45) is 17.3 Å². The summed E-state index contributed by atoms with van der Waals surface area (Å²) in [6, 6.07) is 3.86. The molecule has 38 heavy (non-hydrogen) atoms. The highest BCUT2D eigenvalue weighted by molar-refractivity contribution is 6.36. The largest absolute Gasteiger partial charge is 0.434 e. The van der Waals surface area contributed by atoms with E-state index in [-0.39, 0.29) is 52.3 Å². The molecular formula is C26H33ClF5N3O3. The van der Waals surface area contributed by atoms with Crippen molar-refractivity contribution in [1.82, 2.24) is 15.1 Å². The quantitative estimate of drug-likeness (QED) is 0.341. The maximum atomic E-state index is 13.4. The van der Waals surface area contributed by atoms with E-state index < -0.39 is 36.6 Å². The molecule has 1 fully saturated rings. The predicted octanol–water partition coefficient (Wildman–Crippen LogP) is 6.48. The van der Waals surface area contributed by atoms with Gasteiger partial charge in [0.15, 0.2) is 5.69 Å². The molecule has 2 N–H and O–H groups in total. The van der Waals surface area contributed by atoms with Crippen LogP contribution in [0.25, 0.3) is 11.3 Å². The number of nitrogens with zero attached hydrogens (tertiary/aromatic N) is 2. The third-order valence-corrected chi connectivity index (χ3v) is 7.44. The second-order valence-corrected chi connectivity index (χ2v) is 10.9. The zero-order valence-electron chi connectivity index (χ0n) is 21.7. The lowest BCUT2D eigenvalue weighted by Crippen LogP contribution is -2.38. The van der Waals surface area contributed by atoms with E-state index in [1.54, 1.807) is 6.92 Å². The van der Waals surface area contributed by atoms with E-state index in [1.807, 2.05) is 0 Å². The van der Waals surface area contributed by atoms with Crippen LogP contribution in [-0.4, -0.2) is 46.2 Å². The molecule has 1 aliphatic rings. The number of carbonyl (C=O) groups is 1. The van der Waals surface area contributed by atoms with Gasteiger partial charge in [0.1, 0.15) is 5.75 Å². The fourth-order valence-corrected chi connectivity index (χ4v) is 5.03. The summed E-state index contributed by atoms with van der Waals surface area (Å²) in [6.45, 7) is 3.02. The minimum absolute atomic E-state index is 0.0638. The maximum absolute atomic E-state index is 13.4. The number of benzene rings is 1. The van der Waals surface area contributed by atoms with E-state index >= 15 is 0 Å². The molecule has 3 rings (SSSR count). The van der Waals surface area contributed by atoms with Crippen LogP contribution in [0, 0.1) is 17.3 Å². The zero-order chi connectivity index (χ0) is 28.4. The van der Waals surface area contributed by atoms with E-state index in [4.69, 9.17) is 11.6 Å². The molecule has 0 bridgehead atoms. The van der Waals surface area contributed by atoms with Crippen molar-refractivity contribution in [3.8, 4) is 17.0 Å². The number of alkyl halides is 5. The van der Waals surface area contributed by atoms with Crippen LogP contribution in [0.1, 0.15) is 63.0 Å². The Labute approximate surface area is 223 Å². The van der Waals surface area contributed by atoms with Crippen LogP contribution in [0.3, 0.4) is 0 Å². The Morgan fingerprint density at radius 2 is 1.97 bits per heavy atom. The number of ether oxygens (including phenoxy) is 1. The summed E-state index contributed by atoms with van der Waals surface area (Å²) in [5, 5.41) is 17.2. The SMILES string of the molecule is CCn1nc(C(=O)NC[C@@H]2CC[C@@H](C)C[C@H]2O)c(Cl)c1-c1ccc(CC(C)(C)C(F)(F)F)cc1OC(F)F. The number of aliphatic hydroxyl groups excluding tert-OH is 1. The van der Waals surface area contributed by atoms with Gasteiger partial charge in [-0.05, 0) is 49.8 Å². The highest BCUT2D eigenvalue weighted by Gasteiger charge is 2.47. The van der Waals surface area contributed by atoms with Crippen LogP contribution in [0.15, 0.2) is 18.2 Å². The summed E-state index contributed by atoms with van der Waals surface area (Å²) in [6.07, 6.45) is -3.15. The van der Waals surface area contributed by atoms with Gasteiger partial charge in [0.25, 0.3) is 5.91 Å². The topological polar surface area (TPSA) is 76.4 Å². The maximum Gasteiger partial charge on any atom is 0.394 e. The number of aromatic nitrogens is 2. The van der Waals surface area contributed by atoms with Crippen LogP contribution in [-0.2, 0) is 13.0 Å². The highest BCUT2D eigenvalue weighted by atomic mass is 35.5. The summed E-state index contributed by atoms with van der Waals surface area (Å²) in [5.74, 6) is -0.668. The van der Waals surface area contributed by atoms with Gasteiger partial charge in [0, 0.05) is 24.6 Å². The van der Waals surface area contributed by atoms with Gasteiger partial charge in [0.2, 0.25) is 0 Å². The zero-order valence-corrected chi connectivity index (χ0v) is 22.5. The first kappa shape index (κ1) is 30.1.